The number of aryl methyl sites for hydroxylation is 1. The maximum Gasteiger partial charge on any atom is 0.239 e. The smallest absolute Gasteiger partial charge is 0.239 e. The lowest BCUT2D eigenvalue weighted by Crippen LogP contribution is -2.50. The minimum atomic E-state index is -0.186. The number of amides is 1. The van der Waals surface area contributed by atoms with E-state index in [-0.39, 0.29) is 11.9 Å². The number of carbonyl (C=O) groups is 1. The van der Waals surface area contributed by atoms with Crippen molar-refractivity contribution >= 4 is 16.8 Å². The first-order chi connectivity index (χ1) is 12.1. The van der Waals surface area contributed by atoms with Crippen LogP contribution in [-0.4, -0.2) is 50.2 Å². The first kappa shape index (κ1) is 15.8. The van der Waals surface area contributed by atoms with Crippen molar-refractivity contribution in [1.82, 2.24) is 30.0 Å². The van der Waals surface area contributed by atoms with Crippen LogP contribution >= 0.6 is 0 Å². The zero-order valence-corrected chi connectivity index (χ0v) is 14.5. The van der Waals surface area contributed by atoms with Crippen molar-refractivity contribution in [3.63, 3.8) is 0 Å². The molecule has 7 heteroatoms. The molecule has 0 spiro atoms. The van der Waals surface area contributed by atoms with Gasteiger partial charge in [0.2, 0.25) is 5.91 Å². The molecule has 0 saturated heterocycles. The predicted molar refractivity (Wildman–Crippen MR) is 95.0 cm³/mol. The van der Waals surface area contributed by atoms with Gasteiger partial charge >= 0.3 is 0 Å². The van der Waals surface area contributed by atoms with E-state index >= 15 is 0 Å². The Balaban J connectivity index is 1.36. The first-order valence-corrected chi connectivity index (χ1v) is 8.54. The summed E-state index contributed by atoms with van der Waals surface area (Å²) in [6, 6.07) is 8.22. The van der Waals surface area contributed by atoms with E-state index in [0.717, 1.165) is 23.6 Å². The summed E-state index contributed by atoms with van der Waals surface area (Å²) in [4.78, 5) is 17.8. The van der Waals surface area contributed by atoms with E-state index in [2.05, 4.69) is 44.8 Å². The summed E-state index contributed by atoms with van der Waals surface area (Å²) in [6.45, 7) is 3.80. The third-order valence-corrected chi connectivity index (χ3v) is 4.92. The maximum absolute atomic E-state index is 12.6. The fourth-order valence-corrected chi connectivity index (χ4v) is 3.41. The van der Waals surface area contributed by atoms with Crippen LogP contribution in [0.4, 0.5) is 0 Å². The highest BCUT2D eigenvalue weighted by Gasteiger charge is 2.30. The highest BCUT2D eigenvalue weighted by atomic mass is 16.2. The maximum atomic E-state index is 12.6. The summed E-state index contributed by atoms with van der Waals surface area (Å²) in [5, 5.41) is 12.5. The Kier molecular flexibility index (Phi) is 4.01. The minimum absolute atomic E-state index is 0.0592. The molecule has 0 aliphatic carbocycles. The van der Waals surface area contributed by atoms with Gasteiger partial charge in [0.25, 0.3) is 0 Å². The quantitative estimate of drug-likeness (QED) is 0.750. The standard InChI is InChI=1S/C18H22N6O/c1-12-21-22-17-11-23(2)16(10-24(12)17)18(25)20-7-5-13-3-4-15-14(9-13)6-8-19-15/h3-4,6,8-9,16,19H,5,7,10-11H2,1-2H3,(H,20,25). The Morgan fingerprint density at radius 1 is 1.36 bits per heavy atom. The summed E-state index contributed by atoms with van der Waals surface area (Å²) < 4.78 is 2.03. The molecule has 25 heavy (non-hydrogen) atoms. The lowest BCUT2D eigenvalue weighted by Gasteiger charge is -2.32. The Bertz CT molecular complexity index is 911. The normalized spacial score (nSPS) is 17.6. The second kappa shape index (κ2) is 6.33. The number of carbonyl (C=O) groups excluding carboxylic acids is 1. The zero-order chi connectivity index (χ0) is 17.4. The van der Waals surface area contributed by atoms with Crippen LogP contribution in [-0.2, 0) is 24.3 Å². The molecule has 0 radical (unpaired) electrons. The van der Waals surface area contributed by atoms with Gasteiger partial charge in [-0.2, -0.15) is 0 Å². The molecule has 130 valence electrons. The number of rotatable bonds is 4. The van der Waals surface area contributed by atoms with E-state index in [1.165, 1.54) is 10.9 Å². The van der Waals surface area contributed by atoms with Gasteiger partial charge in [0, 0.05) is 18.3 Å². The highest BCUT2D eigenvalue weighted by molar-refractivity contribution is 5.82. The first-order valence-electron chi connectivity index (χ1n) is 8.54. The van der Waals surface area contributed by atoms with Crippen LogP contribution in [0.25, 0.3) is 10.9 Å². The van der Waals surface area contributed by atoms with E-state index in [1.807, 2.05) is 29.6 Å². The summed E-state index contributed by atoms with van der Waals surface area (Å²) >= 11 is 0. The molecule has 4 rings (SSSR count). The Hall–Kier alpha value is -2.67. The van der Waals surface area contributed by atoms with Crippen molar-refractivity contribution < 1.29 is 4.79 Å². The second-order valence-corrected chi connectivity index (χ2v) is 6.65. The van der Waals surface area contributed by atoms with Gasteiger partial charge in [-0.15, -0.1) is 10.2 Å². The van der Waals surface area contributed by atoms with E-state index in [0.29, 0.717) is 19.6 Å². The lowest BCUT2D eigenvalue weighted by atomic mass is 10.1. The summed E-state index contributed by atoms with van der Waals surface area (Å²) in [7, 11) is 1.96. The molecule has 1 atom stereocenters. The number of nitrogens with one attached hydrogen (secondary N) is 2. The van der Waals surface area contributed by atoms with Gasteiger partial charge in [0.1, 0.15) is 17.7 Å². The molecule has 1 unspecified atom stereocenters. The summed E-state index contributed by atoms with van der Waals surface area (Å²) in [5.41, 5.74) is 2.36. The van der Waals surface area contributed by atoms with Gasteiger partial charge in [0.05, 0.1) is 13.1 Å². The second-order valence-electron chi connectivity index (χ2n) is 6.65. The highest BCUT2D eigenvalue weighted by Crippen LogP contribution is 2.16. The molecule has 3 aromatic rings. The van der Waals surface area contributed by atoms with E-state index in [4.69, 9.17) is 0 Å². The predicted octanol–water partition coefficient (Wildman–Crippen LogP) is 1.24. The van der Waals surface area contributed by atoms with Crippen LogP contribution in [0.15, 0.2) is 30.5 Å². The number of nitrogens with zero attached hydrogens (tertiary/aromatic N) is 4. The lowest BCUT2D eigenvalue weighted by molar-refractivity contribution is -0.127. The molecule has 0 fully saturated rings. The molecular weight excluding hydrogens is 316 g/mol. The number of H-pyrrole nitrogens is 1. The molecule has 2 aromatic heterocycles. The van der Waals surface area contributed by atoms with Gasteiger partial charge in [-0.1, -0.05) is 6.07 Å². The Morgan fingerprint density at radius 3 is 3.12 bits per heavy atom. The van der Waals surface area contributed by atoms with Gasteiger partial charge in [-0.05, 0) is 49.5 Å². The number of fused-ring (bicyclic) bond motifs is 2. The number of hydrogen-bond donors (Lipinski definition) is 2. The van der Waals surface area contributed by atoms with E-state index < -0.39 is 0 Å². The Labute approximate surface area is 146 Å². The largest absolute Gasteiger partial charge is 0.361 e. The molecule has 1 aliphatic heterocycles. The fraction of sp³-hybridized carbons (Fsp3) is 0.389. The summed E-state index contributed by atoms with van der Waals surface area (Å²) in [5.74, 6) is 1.84. The average molecular weight is 338 g/mol. The number of likely N-dealkylation sites (N-methyl/N-ethyl adjacent to an activating group) is 1. The van der Waals surface area contributed by atoms with E-state index in [1.54, 1.807) is 0 Å². The monoisotopic (exact) mass is 338 g/mol. The van der Waals surface area contributed by atoms with Gasteiger partial charge in [-0.3, -0.25) is 9.69 Å². The van der Waals surface area contributed by atoms with E-state index in [9.17, 15) is 4.79 Å². The van der Waals surface area contributed by atoms with Gasteiger partial charge in [0.15, 0.2) is 0 Å². The molecule has 0 saturated carbocycles. The van der Waals surface area contributed by atoms with Crippen LogP contribution in [0.1, 0.15) is 17.2 Å². The van der Waals surface area contributed by atoms with Crippen molar-refractivity contribution in [1.29, 1.82) is 0 Å². The number of benzene rings is 1. The third kappa shape index (κ3) is 3.02. The SMILES string of the molecule is Cc1nnc2n1CC(C(=O)NCCc1ccc3[nH]ccc3c1)N(C)C2. The summed E-state index contributed by atoms with van der Waals surface area (Å²) in [6.07, 6.45) is 2.76. The minimum Gasteiger partial charge on any atom is -0.361 e. The molecule has 2 N–H and O–H groups in total. The van der Waals surface area contributed by atoms with Gasteiger partial charge in [-0.25, -0.2) is 0 Å². The molecular formula is C18H22N6O. The van der Waals surface area contributed by atoms with Gasteiger partial charge < -0.3 is 14.9 Å². The van der Waals surface area contributed by atoms with Crippen molar-refractivity contribution in [2.75, 3.05) is 13.6 Å². The molecule has 3 heterocycles. The van der Waals surface area contributed by atoms with Crippen LogP contribution < -0.4 is 5.32 Å². The average Bonchev–Trinajstić information content (AvgIpc) is 3.20. The third-order valence-electron chi connectivity index (χ3n) is 4.92. The molecule has 1 amide bonds. The molecule has 1 aromatic carbocycles. The van der Waals surface area contributed by atoms with Crippen molar-refractivity contribution in [3.8, 4) is 0 Å². The van der Waals surface area contributed by atoms with Crippen molar-refractivity contribution in [2.24, 2.45) is 0 Å². The topological polar surface area (TPSA) is 78.8 Å². The Morgan fingerprint density at radius 2 is 2.24 bits per heavy atom. The van der Waals surface area contributed by atoms with Crippen molar-refractivity contribution in [2.45, 2.75) is 32.5 Å². The van der Waals surface area contributed by atoms with Crippen LogP contribution in [0.5, 0.6) is 0 Å². The number of hydrogen-bond acceptors (Lipinski definition) is 4. The molecule has 1 aliphatic rings. The van der Waals surface area contributed by atoms with Crippen LogP contribution in [0, 0.1) is 6.92 Å². The molecule has 0 bridgehead atoms. The molecule has 7 nitrogen and oxygen atoms in total. The van der Waals surface area contributed by atoms with Crippen LogP contribution in [0.2, 0.25) is 0 Å². The number of aromatic nitrogens is 4. The van der Waals surface area contributed by atoms with Crippen molar-refractivity contribution in [3.05, 3.63) is 47.7 Å². The zero-order valence-electron chi connectivity index (χ0n) is 14.5. The number of aromatic amines is 1. The fourth-order valence-electron chi connectivity index (χ4n) is 3.41. The van der Waals surface area contributed by atoms with Crippen LogP contribution in [0.3, 0.4) is 0 Å².